The van der Waals surface area contributed by atoms with E-state index in [1.54, 1.807) is 7.11 Å². The van der Waals surface area contributed by atoms with E-state index in [1.807, 2.05) is 11.8 Å². The molecular formula is C12H24N2OS. The highest BCUT2D eigenvalue weighted by atomic mass is 32.2. The lowest BCUT2D eigenvalue weighted by Gasteiger charge is -2.25. The fourth-order valence-electron chi connectivity index (χ4n) is 1.76. The summed E-state index contributed by atoms with van der Waals surface area (Å²) in [5, 5.41) is 4.70. The molecule has 1 unspecified atom stereocenters. The maximum Gasteiger partial charge on any atom is 0.157 e. The molecule has 0 aromatic heterocycles. The topological polar surface area (TPSA) is 33.6 Å². The van der Waals surface area contributed by atoms with Gasteiger partial charge in [0.25, 0.3) is 0 Å². The first-order valence-corrected chi connectivity index (χ1v) is 7.12. The Hall–Kier alpha value is -0.220. The average molecular weight is 244 g/mol. The molecule has 0 saturated carbocycles. The zero-order chi connectivity index (χ0) is 12.0. The number of aliphatic imine (C=N–C) groups is 1. The number of thioether (sulfide) groups is 1. The van der Waals surface area contributed by atoms with Crippen molar-refractivity contribution in [3.05, 3.63) is 0 Å². The standard InChI is InChI=1S/C12H24N2OS/c1-5-12(6-2)9-16-11(14-12)13-10(3)7-8-15-4/h10H,5-9H2,1-4H3,(H,13,14). The second kappa shape index (κ2) is 6.50. The van der Waals surface area contributed by atoms with Gasteiger partial charge in [0.1, 0.15) is 0 Å². The molecule has 1 atom stereocenters. The van der Waals surface area contributed by atoms with Crippen LogP contribution in [0.3, 0.4) is 0 Å². The summed E-state index contributed by atoms with van der Waals surface area (Å²) in [7, 11) is 1.74. The Morgan fingerprint density at radius 2 is 2.19 bits per heavy atom. The van der Waals surface area contributed by atoms with Crippen molar-refractivity contribution in [3.8, 4) is 0 Å². The van der Waals surface area contributed by atoms with Gasteiger partial charge in [0, 0.05) is 25.0 Å². The molecule has 1 aliphatic rings. The van der Waals surface area contributed by atoms with Crippen molar-refractivity contribution >= 4 is 16.9 Å². The highest BCUT2D eigenvalue weighted by Crippen LogP contribution is 2.29. The first-order valence-electron chi connectivity index (χ1n) is 6.13. The minimum Gasteiger partial charge on any atom is -0.385 e. The van der Waals surface area contributed by atoms with Gasteiger partial charge in [-0.3, -0.25) is 4.99 Å². The van der Waals surface area contributed by atoms with Crippen LogP contribution in [-0.4, -0.2) is 36.2 Å². The molecule has 1 saturated heterocycles. The van der Waals surface area contributed by atoms with Crippen molar-refractivity contribution in [1.29, 1.82) is 0 Å². The Bertz CT molecular complexity index is 239. The number of rotatable bonds is 6. The molecule has 3 nitrogen and oxygen atoms in total. The minimum atomic E-state index is 0.282. The largest absolute Gasteiger partial charge is 0.385 e. The molecule has 0 spiro atoms. The van der Waals surface area contributed by atoms with E-state index in [1.165, 1.54) is 12.8 Å². The first kappa shape index (κ1) is 13.8. The van der Waals surface area contributed by atoms with E-state index in [2.05, 4.69) is 26.1 Å². The Balaban J connectivity index is 2.48. The zero-order valence-corrected chi connectivity index (χ0v) is 11.7. The third-order valence-electron chi connectivity index (χ3n) is 3.29. The van der Waals surface area contributed by atoms with Gasteiger partial charge in [-0.05, 0) is 26.2 Å². The summed E-state index contributed by atoms with van der Waals surface area (Å²) in [6.45, 7) is 7.42. The molecular weight excluding hydrogens is 220 g/mol. The quantitative estimate of drug-likeness (QED) is 0.780. The summed E-state index contributed by atoms with van der Waals surface area (Å²) in [6.07, 6.45) is 3.33. The first-order chi connectivity index (χ1) is 7.65. The summed E-state index contributed by atoms with van der Waals surface area (Å²) in [4.78, 5) is 4.69. The average Bonchev–Trinajstić information content (AvgIpc) is 2.70. The normalized spacial score (nSPS) is 23.4. The van der Waals surface area contributed by atoms with Crippen LogP contribution in [0.2, 0.25) is 0 Å². The summed E-state index contributed by atoms with van der Waals surface area (Å²) in [5.41, 5.74) is 0.282. The van der Waals surface area contributed by atoms with Crippen LogP contribution in [0.1, 0.15) is 40.0 Å². The number of hydrogen-bond donors (Lipinski definition) is 1. The van der Waals surface area contributed by atoms with Crippen molar-refractivity contribution in [2.75, 3.05) is 19.5 Å². The second-order valence-electron chi connectivity index (χ2n) is 4.47. The Kier molecular flexibility index (Phi) is 5.62. The van der Waals surface area contributed by atoms with Crippen molar-refractivity contribution in [1.82, 2.24) is 5.32 Å². The van der Waals surface area contributed by atoms with Crippen LogP contribution in [0.15, 0.2) is 4.99 Å². The molecule has 0 amide bonds. The lowest BCUT2D eigenvalue weighted by atomic mass is 9.96. The third kappa shape index (κ3) is 3.67. The molecule has 1 rings (SSSR count). The highest BCUT2D eigenvalue weighted by molar-refractivity contribution is 8.14. The van der Waals surface area contributed by atoms with Crippen molar-refractivity contribution in [3.63, 3.8) is 0 Å². The van der Waals surface area contributed by atoms with Crippen molar-refractivity contribution < 1.29 is 4.74 Å². The van der Waals surface area contributed by atoms with Crippen LogP contribution >= 0.6 is 11.8 Å². The number of methoxy groups -OCH3 is 1. The summed E-state index contributed by atoms with van der Waals surface area (Å²) in [5.74, 6) is 1.15. The number of ether oxygens (including phenoxy) is 1. The van der Waals surface area contributed by atoms with Gasteiger partial charge in [0.05, 0.1) is 6.04 Å². The van der Waals surface area contributed by atoms with Crippen LogP contribution < -0.4 is 5.32 Å². The zero-order valence-electron chi connectivity index (χ0n) is 10.9. The van der Waals surface area contributed by atoms with Crippen molar-refractivity contribution in [2.45, 2.75) is 51.6 Å². The van der Waals surface area contributed by atoms with E-state index < -0.39 is 0 Å². The molecule has 94 valence electrons. The SMILES string of the molecule is CCC1(CC)CSC(=NC(C)CCOC)N1. The van der Waals surface area contributed by atoms with Gasteiger partial charge < -0.3 is 10.1 Å². The molecule has 0 radical (unpaired) electrons. The highest BCUT2D eigenvalue weighted by Gasteiger charge is 2.33. The molecule has 0 aliphatic carbocycles. The van der Waals surface area contributed by atoms with Crippen molar-refractivity contribution in [2.24, 2.45) is 4.99 Å². The van der Waals surface area contributed by atoms with Gasteiger partial charge in [-0.2, -0.15) is 0 Å². The van der Waals surface area contributed by atoms with Crippen LogP contribution in [0.25, 0.3) is 0 Å². The third-order valence-corrected chi connectivity index (χ3v) is 4.47. The van der Waals surface area contributed by atoms with Crippen LogP contribution in [0.4, 0.5) is 0 Å². The molecule has 4 heteroatoms. The van der Waals surface area contributed by atoms with E-state index in [-0.39, 0.29) is 5.54 Å². The number of hydrogen-bond acceptors (Lipinski definition) is 3. The predicted octanol–water partition coefficient (Wildman–Crippen LogP) is 2.66. The monoisotopic (exact) mass is 244 g/mol. The molecule has 1 aliphatic heterocycles. The number of nitrogens with one attached hydrogen (secondary N) is 1. The molecule has 0 aromatic rings. The lowest BCUT2D eigenvalue weighted by Crippen LogP contribution is -2.42. The molecule has 16 heavy (non-hydrogen) atoms. The van der Waals surface area contributed by atoms with Crippen LogP contribution in [0, 0.1) is 0 Å². The lowest BCUT2D eigenvalue weighted by molar-refractivity contribution is 0.190. The Labute approximate surface area is 103 Å². The molecule has 1 heterocycles. The van der Waals surface area contributed by atoms with E-state index in [0.29, 0.717) is 6.04 Å². The summed E-state index contributed by atoms with van der Waals surface area (Å²) < 4.78 is 5.06. The predicted molar refractivity (Wildman–Crippen MR) is 72.3 cm³/mol. The van der Waals surface area contributed by atoms with Gasteiger partial charge >= 0.3 is 0 Å². The molecule has 1 N–H and O–H groups in total. The number of amidine groups is 1. The Morgan fingerprint density at radius 1 is 1.50 bits per heavy atom. The van der Waals surface area contributed by atoms with Crippen LogP contribution in [0.5, 0.6) is 0 Å². The van der Waals surface area contributed by atoms with Gasteiger partial charge in [-0.15, -0.1) is 0 Å². The Morgan fingerprint density at radius 3 is 2.69 bits per heavy atom. The summed E-state index contributed by atoms with van der Waals surface area (Å²) >= 11 is 1.86. The van der Waals surface area contributed by atoms with E-state index in [4.69, 9.17) is 9.73 Å². The fourth-order valence-corrected chi connectivity index (χ4v) is 3.20. The molecule has 0 bridgehead atoms. The molecule has 0 aromatic carbocycles. The van der Waals surface area contributed by atoms with E-state index in [9.17, 15) is 0 Å². The van der Waals surface area contributed by atoms with E-state index >= 15 is 0 Å². The van der Waals surface area contributed by atoms with Gasteiger partial charge in [0.15, 0.2) is 5.17 Å². The number of nitrogens with zero attached hydrogens (tertiary/aromatic N) is 1. The minimum absolute atomic E-state index is 0.282. The maximum atomic E-state index is 5.06. The maximum absolute atomic E-state index is 5.06. The summed E-state index contributed by atoms with van der Waals surface area (Å²) in [6, 6.07) is 0.347. The fraction of sp³-hybridized carbons (Fsp3) is 0.917. The molecule has 1 fully saturated rings. The van der Waals surface area contributed by atoms with E-state index in [0.717, 1.165) is 23.9 Å². The van der Waals surface area contributed by atoms with Gasteiger partial charge in [0.2, 0.25) is 0 Å². The van der Waals surface area contributed by atoms with Gasteiger partial charge in [-0.1, -0.05) is 25.6 Å². The second-order valence-corrected chi connectivity index (χ2v) is 5.43. The van der Waals surface area contributed by atoms with Gasteiger partial charge in [-0.25, -0.2) is 0 Å². The smallest absolute Gasteiger partial charge is 0.157 e. The van der Waals surface area contributed by atoms with Crippen LogP contribution in [-0.2, 0) is 4.74 Å².